The molecular formula is C24H21F3N2O4S. The van der Waals surface area contributed by atoms with Gasteiger partial charge >= 0.3 is 0 Å². The molecule has 3 aromatic carbocycles. The van der Waals surface area contributed by atoms with Gasteiger partial charge < -0.3 is 9.64 Å². The number of hydrogen-bond acceptors (Lipinski definition) is 4. The first-order valence-corrected chi connectivity index (χ1v) is 12.0. The molecule has 0 atom stereocenters. The van der Waals surface area contributed by atoms with Gasteiger partial charge in [-0.3, -0.25) is 9.52 Å². The Morgan fingerprint density at radius 2 is 1.50 bits per heavy atom. The summed E-state index contributed by atoms with van der Waals surface area (Å²) in [5.41, 5.74) is 0.642. The molecule has 1 aliphatic rings. The molecule has 0 radical (unpaired) electrons. The Kier molecular flexibility index (Phi) is 6.78. The second-order valence-electron chi connectivity index (χ2n) is 7.82. The zero-order valence-electron chi connectivity index (χ0n) is 17.9. The number of carbonyl (C=O) groups excluding carboxylic acids is 1. The van der Waals surface area contributed by atoms with Gasteiger partial charge in [-0.2, -0.15) is 0 Å². The van der Waals surface area contributed by atoms with E-state index in [9.17, 15) is 26.4 Å². The Labute approximate surface area is 195 Å². The summed E-state index contributed by atoms with van der Waals surface area (Å²) in [6.45, 7) is 0.788. The summed E-state index contributed by atoms with van der Waals surface area (Å²) < 4.78 is 72.7. The molecule has 0 aliphatic carbocycles. The minimum Gasteiger partial charge on any atom is -0.487 e. The van der Waals surface area contributed by atoms with Crippen LogP contribution in [0.3, 0.4) is 0 Å². The van der Waals surface area contributed by atoms with E-state index < -0.39 is 27.5 Å². The van der Waals surface area contributed by atoms with Crippen LogP contribution in [-0.4, -0.2) is 38.4 Å². The molecule has 34 heavy (non-hydrogen) atoms. The molecule has 1 amide bonds. The molecule has 0 unspecified atom stereocenters. The van der Waals surface area contributed by atoms with Crippen molar-refractivity contribution in [1.29, 1.82) is 0 Å². The molecule has 0 aromatic heterocycles. The number of ether oxygens (including phenoxy) is 1. The summed E-state index contributed by atoms with van der Waals surface area (Å²) in [4.78, 5) is 14.4. The topological polar surface area (TPSA) is 75.7 Å². The average molecular weight is 491 g/mol. The largest absolute Gasteiger partial charge is 0.487 e. The monoisotopic (exact) mass is 490 g/mol. The Bertz CT molecular complexity index is 1270. The highest BCUT2D eigenvalue weighted by molar-refractivity contribution is 7.92. The van der Waals surface area contributed by atoms with Gasteiger partial charge in [0.15, 0.2) is 11.6 Å². The van der Waals surface area contributed by atoms with Crippen LogP contribution in [0.4, 0.5) is 18.9 Å². The lowest BCUT2D eigenvalue weighted by Gasteiger charge is -2.32. The quantitative estimate of drug-likeness (QED) is 0.549. The Balaban J connectivity index is 1.33. The van der Waals surface area contributed by atoms with Gasteiger partial charge in [-0.15, -0.1) is 0 Å². The van der Waals surface area contributed by atoms with Gasteiger partial charge in [0.1, 0.15) is 17.7 Å². The molecular weight excluding hydrogens is 469 g/mol. The van der Waals surface area contributed by atoms with Gasteiger partial charge in [0.25, 0.3) is 15.9 Å². The van der Waals surface area contributed by atoms with Gasteiger partial charge in [-0.05, 0) is 60.7 Å². The fourth-order valence-corrected chi connectivity index (χ4v) is 4.68. The maximum atomic E-state index is 13.8. The third-order valence-electron chi connectivity index (χ3n) is 5.42. The van der Waals surface area contributed by atoms with E-state index in [2.05, 4.69) is 4.72 Å². The molecule has 1 aliphatic heterocycles. The Morgan fingerprint density at radius 1 is 0.882 bits per heavy atom. The first-order chi connectivity index (χ1) is 16.2. The number of halogens is 3. The summed E-state index contributed by atoms with van der Waals surface area (Å²) in [5.74, 6) is -2.24. The highest BCUT2D eigenvalue weighted by atomic mass is 32.2. The molecule has 10 heteroatoms. The first-order valence-electron chi connectivity index (χ1n) is 10.5. The van der Waals surface area contributed by atoms with Crippen molar-refractivity contribution in [2.75, 3.05) is 17.8 Å². The number of nitrogens with one attached hydrogen (secondary N) is 1. The van der Waals surface area contributed by atoms with E-state index in [0.717, 1.165) is 36.4 Å². The number of piperidine rings is 1. The minimum absolute atomic E-state index is 0.0233. The molecule has 0 bridgehead atoms. The van der Waals surface area contributed by atoms with Crippen molar-refractivity contribution in [3.8, 4) is 5.75 Å². The van der Waals surface area contributed by atoms with Crippen molar-refractivity contribution in [1.82, 2.24) is 4.90 Å². The van der Waals surface area contributed by atoms with E-state index in [0.29, 0.717) is 31.5 Å². The fraction of sp³-hybridized carbons (Fsp3) is 0.208. The number of amides is 1. The van der Waals surface area contributed by atoms with Crippen molar-refractivity contribution in [3.63, 3.8) is 0 Å². The van der Waals surface area contributed by atoms with Crippen molar-refractivity contribution in [2.45, 2.75) is 23.8 Å². The smallest absolute Gasteiger partial charge is 0.261 e. The number of rotatable bonds is 6. The number of likely N-dealkylation sites (tertiary alicyclic amines) is 1. The van der Waals surface area contributed by atoms with Crippen LogP contribution in [0.15, 0.2) is 71.6 Å². The summed E-state index contributed by atoms with van der Waals surface area (Å²) in [6.07, 6.45) is 0.670. The number of benzene rings is 3. The number of anilines is 1. The maximum absolute atomic E-state index is 13.8. The highest BCUT2D eigenvalue weighted by Gasteiger charge is 2.25. The average Bonchev–Trinajstić information content (AvgIpc) is 2.81. The van der Waals surface area contributed by atoms with Crippen LogP contribution in [0.2, 0.25) is 0 Å². The normalized spacial score (nSPS) is 14.6. The lowest BCUT2D eigenvalue weighted by Crippen LogP contribution is -2.41. The zero-order chi connectivity index (χ0) is 24.3. The van der Waals surface area contributed by atoms with Crippen LogP contribution in [0, 0.1) is 17.5 Å². The van der Waals surface area contributed by atoms with Gasteiger partial charge in [0.2, 0.25) is 0 Å². The number of carbonyl (C=O) groups is 1. The van der Waals surface area contributed by atoms with Gasteiger partial charge in [-0.25, -0.2) is 21.6 Å². The predicted octanol–water partition coefficient (Wildman–Crippen LogP) is 4.59. The lowest BCUT2D eigenvalue weighted by molar-refractivity contribution is 0.0588. The summed E-state index contributed by atoms with van der Waals surface area (Å²) in [7, 11) is -3.89. The highest BCUT2D eigenvalue weighted by Crippen LogP contribution is 2.24. The van der Waals surface area contributed by atoms with Gasteiger partial charge in [0, 0.05) is 43.2 Å². The van der Waals surface area contributed by atoms with E-state index in [-0.39, 0.29) is 28.3 Å². The zero-order valence-corrected chi connectivity index (χ0v) is 18.7. The van der Waals surface area contributed by atoms with Crippen LogP contribution < -0.4 is 9.46 Å². The second kappa shape index (κ2) is 9.76. The number of nitrogens with zero attached hydrogens (tertiary/aromatic N) is 1. The molecule has 1 heterocycles. The molecule has 0 saturated carbocycles. The van der Waals surface area contributed by atoms with Crippen molar-refractivity contribution >= 4 is 21.6 Å². The number of sulfonamides is 1. The first kappa shape index (κ1) is 23.6. The van der Waals surface area contributed by atoms with Gasteiger partial charge in [0.05, 0.1) is 4.90 Å². The summed E-state index contributed by atoms with van der Waals surface area (Å²) in [5, 5.41) is 0. The number of hydrogen-bond donors (Lipinski definition) is 1. The predicted molar refractivity (Wildman–Crippen MR) is 120 cm³/mol. The summed E-state index contributed by atoms with van der Waals surface area (Å²) >= 11 is 0. The fourth-order valence-electron chi connectivity index (χ4n) is 3.62. The van der Waals surface area contributed by atoms with Gasteiger partial charge in [-0.1, -0.05) is 0 Å². The minimum atomic E-state index is -3.89. The molecule has 178 valence electrons. The van der Waals surface area contributed by atoms with E-state index in [1.165, 1.54) is 30.3 Å². The lowest BCUT2D eigenvalue weighted by atomic mass is 10.1. The van der Waals surface area contributed by atoms with Crippen LogP contribution in [0.5, 0.6) is 5.75 Å². The van der Waals surface area contributed by atoms with E-state index >= 15 is 0 Å². The van der Waals surface area contributed by atoms with Crippen molar-refractivity contribution in [2.24, 2.45) is 0 Å². The molecule has 1 fully saturated rings. The Morgan fingerprint density at radius 3 is 2.12 bits per heavy atom. The third-order valence-corrected chi connectivity index (χ3v) is 6.82. The van der Waals surface area contributed by atoms with Crippen molar-refractivity contribution in [3.05, 3.63) is 89.7 Å². The molecule has 1 saturated heterocycles. The van der Waals surface area contributed by atoms with Crippen LogP contribution >= 0.6 is 0 Å². The Hall–Kier alpha value is -3.53. The van der Waals surface area contributed by atoms with E-state index in [1.807, 2.05) is 0 Å². The molecule has 4 rings (SSSR count). The van der Waals surface area contributed by atoms with Crippen LogP contribution in [0.25, 0.3) is 0 Å². The summed E-state index contributed by atoms with van der Waals surface area (Å²) in [6, 6.07) is 13.5. The second-order valence-corrected chi connectivity index (χ2v) is 9.50. The van der Waals surface area contributed by atoms with E-state index in [1.54, 1.807) is 4.90 Å². The third kappa shape index (κ3) is 5.51. The molecule has 0 spiro atoms. The molecule has 1 N–H and O–H groups in total. The van der Waals surface area contributed by atoms with Crippen molar-refractivity contribution < 1.29 is 31.1 Å². The SMILES string of the molecule is O=C(c1ccc(NS(=O)(=O)c2ccc(F)cc2)cc1)N1CCC(Oc2ccc(F)cc2F)CC1. The molecule has 6 nitrogen and oxygen atoms in total. The standard InChI is InChI=1S/C24H21F3N2O4S/c25-17-3-8-21(9-4-17)34(31,32)28-19-6-1-16(2-7-19)24(30)29-13-11-20(12-14-29)33-23-10-5-18(26)15-22(23)27/h1-10,15,20,28H,11-14H2. The molecule has 3 aromatic rings. The maximum Gasteiger partial charge on any atom is 0.261 e. The van der Waals surface area contributed by atoms with E-state index in [4.69, 9.17) is 4.74 Å². The van der Waals surface area contributed by atoms with Crippen LogP contribution in [-0.2, 0) is 10.0 Å². The van der Waals surface area contributed by atoms with Crippen LogP contribution in [0.1, 0.15) is 23.2 Å².